The predicted molar refractivity (Wildman–Crippen MR) is 124 cm³/mol. The van der Waals surface area contributed by atoms with Crippen molar-refractivity contribution >= 4 is 69.0 Å². The van der Waals surface area contributed by atoms with Gasteiger partial charge in [-0.05, 0) is 59.3 Å². The average molecular weight is 557 g/mol. The highest BCUT2D eigenvalue weighted by molar-refractivity contribution is 14.1. The smallest absolute Gasteiger partial charge is 0.258 e. The van der Waals surface area contributed by atoms with E-state index in [1.165, 1.54) is 7.11 Å². The third-order valence-corrected chi connectivity index (χ3v) is 6.26. The highest BCUT2D eigenvalue weighted by Gasteiger charge is 2.41. The topological polar surface area (TPSA) is 76.7 Å². The molecule has 0 atom stereocenters. The van der Waals surface area contributed by atoms with Crippen molar-refractivity contribution < 1.29 is 19.1 Å². The molecule has 0 unspecified atom stereocenters. The van der Waals surface area contributed by atoms with Gasteiger partial charge in [-0.3, -0.25) is 9.59 Å². The summed E-state index contributed by atoms with van der Waals surface area (Å²) >= 11 is 14.7. The maximum atomic E-state index is 12.8. The van der Waals surface area contributed by atoms with Crippen LogP contribution in [0.25, 0.3) is 11.4 Å². The maximum Gasteiger partial charge on any atom is 0.258 e. The highest BCUT2D eigenvalue weighted by Crippen LogP contribution is 2.42. The molecule has 0 saturated carbocycles. The highest BCUT2D eigenvalue weighted by atomic mass is 127. The summed E-state index contributed by atoms with van der Waals surface area (Å²) in [6.45, 7) is 1.91. The first kappa shape index (κ1) is 21.0. The molecule has 0 radical (unpaired) electrons. The first-order valence-corrected chi connectivity index (χ1v) is 10.6. The van der Waals surface area contributed by atoms with E-state index in [4.69, 9.17) is 32.7 Å². The fourth-order valence-corrected chi connectivity index (χ4v) is 5.27. The Bertz CT molecular complexity index is 1060. The number of methoxy groups -OCH3 is 2. The van der Waals surface area contributed by atoms with E-state index in [1.54, 1.807) is 19.2 Å². The predicted octanol–water partition coefficient (Wildman–Crippen LogP) is 4.31. The minimum atomic E-state index is -0.375. The van der Waals surface area contributed by atoms with E-state index in [-0.39, 0.29) is 27.4 Å². The van der Waals surface area contributed by atoms with E-state index < -0.39 is 0 Å². The molecular formula is C21H15Cl2IN2O4. The van der Waals surface area contributed by atoms with E-state index in [2.05, 4.69) is 33.2 Å². The summed E-state index contributed by atoms with van der Waals surface area (Å²) in [6.07, 6.45) is 0. The fourth-order valence-electron chi connectivity index (χ4n) is 3.65. The molecule has 154 valence electrons. The number of hydrogen-bond acceptors (Lipinski definition) is 4. The molecule has 2 aromatic carbocycles. The van der Waals surface area contributed by atoms with Crippen molar-refractivity contribution in [2.75, 3.05) is 14.2 Å². The van der Waals surface area contributed by atoms with Crippen LogP contribution in [0.4, 0.5) is 0 Å². The molecule has 0 saturated heterocycles. The van der Waals surface area contributed by atoms with Crippen LogP contribution in [0.2, 0.25) is 10.0 Å². The van der Waals surface area contributed by atoms with Crippen molar-refractivity contribution in [3.8, 4) is 11.5 Å². The maximum absolute atomic E-state index is 12.8. The Hall–Kier alpha value is -2.23. The molecule has 4 rings (SSSR count). The van der Waals surface area contributed by atoms with Gasteiger partial charge in [0.1, 0.15) is 5.75 Å². The Balaban J connectivity index is 1.90. The lowest BCUT2D eigenvalue weighted by Gasteiger charge is -2.12. The number of ether oxygens (including phenoxy) is 2. The lowest BCUT2D eigenvalue weighted by molar-refractivity contribution is -0.117. The van der Waals surface area contributed by atoms with Gasteiger partial charge in [-0.25, -0.2) is 0 Å². The number of hydrogen-bond donors (Lipinski definition) is 2. The van der Waals surface area contributed by atoms with Gasteiger partial charge in [-0.1, -0.05) is 23.2 Å². The Labute approximate surface area is 196 Å². The van der Waals surface area contributed by atoms with Crippen LogP contribution < -0.4 is 20.1 Å². The molecule has 0 aliphatic carbocycles. The van der Waals surface area contributed by atoms with Gasteiger partial charge in [0.2, 0.25) is 0 Å². The molecule has 9 heteroatoms. The molecule has 2 aliphatic rings. The minimum Gasteiger partial charge on any atom is -0.495 e. The summed E-state index contributed by atoms with van der Waals surface area (Å²) in [7, 11) is 3.06. The second-order valence-electron chi connectivity index (χ2n) is 6.69. The number of rotatable bonds is 4. The van der Waals surface area contributed by atoms with Gasteiger partial charge >= 0.3 is 0 Å². The zero-order valence-corrected chi connectivity index (χ0v) is 19.7. The number of halogens is 3. The number of fused-ring (bicyclic) bond motifs is 1. The van der Waals surface area contributed by atoms with Crippen LogP contribution in [0.1, 0.15) is 16.7 Å². The van der Waals surface area contributed by atoms with Gasteiger partial charge in [0.15, 0.2) is 5.75 Å². The van der Waals surface area contributed by atoms with Gasteiger partial charge in [0.25, 0.3) is 11.8 Å². The second kappa shape index (κ2) is 7.79. The van der Waals surface area contributed by atoms with Crippen molar-refractivity contribution in [3.05, 3.63) is 65.7 Å². The first-order valence-electron chi connectivity index (χ1n) is 8.76. The van der Waals surface area contributed by atoms with Crippen LogP contribution in [0.15, 0.2) is 35.4 Å². The van der Waals surface area contributed by atoms with E-state index in [0.29, 0.717) is 28.3 Å². The Kier molecular flexibility index (Phi) is 5.46. The number of nitrogens with one attached hydrogen (secondary N) is 2. The lowest BCUT2D eigenvalue weighted by atomic mass is 10.0. The van der Waals surface area contributed by atoms with Crippen molar-refractivity contribution in [3.63, 3.8) is 0 Å². The molecular weight excluding hydrogens is 542 g/mol. The van der Waals surface area contributed by atoms with Gasteiger partial charge in [-0.15, -0.1) is 0 Å². The van der Waals surface area contributed by atoms with E-state index in [1.807, 2.05) is 19.1 Å². The van der Waals surface area contributed by atoms with Crippen molar-refractivity contribution in [2.24, 2.45) is 0 Å². The summed E-state index contributed by atoms with van der Waals surface area (Å²) in [6, 6.07) is 6.94. The van der Waals surface area contributed by atoms with Crippen LogP contribution in [0.3, 0.4) is 0 Å². The normalized spacial score (nSPS) is 15.4. The summed E-state index contributed by atoms with van der Waals surface area (Å²) < 4.78 is 11.4. The summed E-state index contributed by atoms with van der Waals surface area (Å²) in [5, 5.41) is 6.17. The van der Waals surface area contributed by atoms with E-state index >= 15 is 0 Å². The van der Waals surface area contributed by atoms with Crippen LogP contribution >= 0.6 is 45.8 Å². The summed E-state index contributed by atoms with van der Waals surface area (Å²) in [5.41, 5.74) is 3.49. The lowest BCUT2D eigenvalue weighted by Crippen LogP contribution is -2.21. The van der Waals surface area contributed by atoms with Crippen LogP contribution in [0, 0.1) is 10.5 Å². The number of aryl methyl sites for hydroxylation is 1. The fraction of sp³-hybridized carbons (Fsp3) is 0.143. The molecule has 2 N–H and O–H groups in total. The molecule has 0 spiro atoms. The number of benzene rings is 2. The molecule has 30 heavy (non-hydrogen) atoms. The second-order valence-corrected chi connectivity index (χ2v) is 8.67. The number of carbonyl (C=O) groups is 2. The number of amides is 2. The van der Waals surface area contributed by atoms with Crippen LogP contribution in [-0.2, 0) is 9.59 Å². The molecule has 6 nitrogen and oxygen atoms in total. The zero-order valence-electron chi connectivity index (χ0n) is 16.1. The Morgan fingerprint density at radius 1 is 0.800 bits per heavy atom. The minimum absolute atomic E-state index is 0.260. The van der Waals surface area contributed by atoms with Crippen molar-refractivity contribution in [2.45, 2.75) is 6.92 Å². The van der Waals surface area contributed by atoms with Crippen LogP contribution in [-0.4, -0.2) is 26.0 Å². The average Bonchev–Trinajstić information content (AvgIpc) is 3.20. The third-order valence-electron chi connectivity index (χ3n) is 4.89. The zero-order chi connectivity index (χ0) is 21.7. The standard InChI is InChI=1S/C21H15Cl2IN2O4/c1-8-4-9(7-13(24)18(8)29-2)16-14-15(21(28)25-16)17(26-20(14)27)10-5-11(22)19(30-3)12(23)6-10/h4-7H,1-3H3,(H,25,28)(H,26,27). The molecule has 2 aliphatic heterocycles. The van der Waals surface area contributed by atoms with Gasteiger partial charge in [0, 0.05) is 11.1 Å². The van der Waals surface area contributed by atoms with E-state index in [0.717, 1.165) is 20.4 Å². The SMILES string of the molecule is COc1c(Cl)cc(C2=C3C(=O)NC(c4cc(C)c(OC)c(I)c4)=C3C(=O)N2)cc1Cl. The quantitative estimate of drug-likeness (QED) is 0.550. The monoisotopic (exact) mass is 556 g/mol. The van der Waals surface area contributed by atoms with Crippen molar-refractivity contribution in [1.29, 1.82) is 0 Å². The van der Waals surface area contributed by atoms with Gasteiger partial charge < -0.3 is 20.1 Å². The Morgan fingerprint density at radius 2 is 1.27 bits per heavy atom. The summed E-state index contributed by atoms with van der Waals surface area (Å²) in [4.78, 5) is 25.7. The molecule has 2 amide bonds. The first-order chi connectivity index (χ1) is 14.3. The summed E-state index contributed by atoms with van der Waals surface area (Å²) in [5.74, 6) is 0.330. The Morgan fingerprint density at radius 3 is 1.70 bits per heavy atom. The largest absolute Gasteiger partial charge is 0.495 e. The van der Waals surface area contributed by atoms with Crippen LogP contribution in [0.5, 0.6) is 11.5 Å². The van der Waals surface area contributed by atoms with Crippen molar-refractivity contribution in [1.82, 2.24) is 10.6 Å². The molecule has 0 aromatic heterocycles. The van der Waals surface area contributed by atoms with E-state index in [9.17, 15) is 9.59 Å². The molecule has 2 heterocycles. The number of carbonyl (C=O) groups excluding carboxylic acids is 2. The third kappa shape index (κ3) is 3.25. The van der Waals surface area contributed by atoms with Gasteiger partial charge in [-0.2, -0.15) is 0 Å². The molecule has 0 fully saturated rings. The molecule has 2 aromatic rings. The molecule has 0 bridgehead atoms. The van der Waals surface area contributed by atoms with Gasteiger partial charge in [0.05, 0.1) is 50.4 Å².